The molecule has 1 aromatic heterocycles. The van der Waals surface area contributed by atoms with Gasteiger partial charge in [-0.25, -0.2) is 0 Å². The molecule has 19 heavy (non-hydrogen) atoms. The van der Waals surface area contributed by atoms with E-state index in [1.165, 1.54) is 20.9 Å². The minimum absolute atomic E-state index is 0.140. The van der Waals surface area contributed by atoms with Gasteiger partial charge in [0.15, 0.2) is 0 Å². The zero-order valence-electron chi connectivity index (χ0n) is 11.8. The molecule has 1 aromatic carbocycles. The van der Waals surface area contributed by atoms with E-state index in [-0.39, 0.29) is 5.38 Å². The van der Waals surface area contributed by atoms with Gasteiger partial charge in [0, 0.05) is 15.3 Å². The van der Waals surface area contributed by atoms with Gasteiger partial charge in [-0.1, -0.05) is 17.7 Å². The van der Waals surface area contributed by atoms with Crippen LogP contribution in [0.25, 0.3) is 0 Å². The van der Waals surface area contributed by atoms with Crippen LogP contribution < -0.4 is 4.74 Å². The van der Waals surface area contributed by atoms with Gasteiger partial charge in [0.05, 0.1) is 12.0 Å². The number of rotatable bonds is 4. The number of hydrogen-bond acceptors (Lipinski definition) is 2. The van der Waals surface area contributed by atoms with Gasteiger partial charge in [-0.2, -0.15) is 0 Å². The minimum atomic E-state index is -0.140. The summed E-state index contributed by atoms with van der Waals surface area (Å²) in [5, 5.41) is -0.140. The number of ether oxygens (including phenoxy) is 1. The summed E-state index contributed by atoms with van der Waals surface area (Å²) < 4.78 is 5.69. The highest BCUT2D eigenvalue weighted by Crippen LogP contribution is 2.39. The fraction of sp³-hybridized carbons (Fsp3) is 0.375. The molecule has 0 N–H and O–H groups in total. The number of hydrogen-bond donors (Lipinski definition) is 0. The first-order valence-electron chi connectivity index (χ1n) is 6.47. The van der Waals surface area contributed by atoms with Crippen molar-refractivity contribution in [2.45, 2.75) is 33.1 Å². The summed E-state index contributed by atoms with van der Waals surface area (Å²) in [6, 6.07) is 8.36. The normalized spacial score (nSPS) is 12.5. The zero-order chi connectivity index (χ0) is 14.0. The fourth-order valence-electron chi connectivity index (χ4n) is 2.03. The second-order valence-corrected chi connectivity index (χ2v) is 6.45. The molecule has 3 heteroatoms. The molecule has 0 amide bonds. The fourth-order valence-corrected chi connectivity index (χ4v) is 3.44. The van der Waals surface area contributed by atoms with Crippen molar-refractivity contribution in [2.24, 2.45) is 0 Å². The lowest BCUT2D eigenvalue weighted by atomic mass is 10.1. The highest BCUT2D eigenvalue weighted by atomic mass is 35.5. The Kier molecular flexibility index (Phi) is 4.54. The van der Waals surface area contributed by atoms with Crippen LogP contribution in [-0.2, 0) is 0 Å². The first kappa shape index (κ1) is 14.4. The van der Waals surface area contributed by atoms with E-state index in [9.17, 15) is 0 Å². The molecule has 1 atom stereocenters. The van der Waals surface area contributed by atoms with Crippen LogP contribution in [0.1, 0.15) is 38.7 Å². The Bertz CT molecular complexity index is 555. The number of benzene rings is 1. The quantitative estimate of drug-likeness (QED) is 0.686. The Morgan fingerprint density at radius 2 is 1.95 bits per heavy atom. The Morgan fingerprint density at radius 1 is 1.21 bits per heavy atom. The monoisotopic (exact) mass is 294 g/mol. The van der Waals surface area contributed by atoms with Gasteiger partial charge in [0.25, 0.3) is 0 Å². The maximum Gasteiger partial charge on any atom is 0.124 e. The summed E-state index contributed by atoms with van der Waals surface area (Å²) in [6.07, 6.45) is 0. The number of thiophene rings is 1. The van der Waals surface area contributed by atoms with Crippen LogP contribution in [0, 0.1) is 20.8 Å². The van der Waals surface area contributed by atoms with Crippen LogP contribution in [0.2, 0.25) is 0 Å². The van der Waals surface area contributed by atoms with Gasteiger partial charge in [0.2, 0.25) is 0 Å². The molecular weight excluding hydrogens is 276 g/mol. The standard InChI is InChI=1S/C16H19ClOS/c1-5-18-14-7-6-10(2)8-13(14)16(17)15-9-11(3)12(4)19-15/h6-9,16H,5H2,1-4H3. The minimum Gasteiger partial charge on any atom is -0.494 e. The molecule has 1 nitrogen and oxygen atoms in total. The van der Waals surface area contributed by atoms with Crippen molar-refractivity contribution in [3.05, 3.63) is 50.7 Å². The largest absolute Gasteiger partial charge is 0.494 e. The van der Waals surface area contributed by atoms with Gasteiger partial charge < -0.3 is 4.74 Å². The van der Waals surface area contributed by atoms with Gasteiger partial charge in [-0.15, -0.1) is 22.9 Å². The predicted octanol–water partition coefficient (Wildman–Crippen LogP) is 5.40. The molecule has 2 rings (SSSR count). The summed E-state index contributed by atoms with van der Waals surface area (Å²) in [5.41, 5.74) is 3.56. The lowest BCUT2D eigenvalue weighted by Gasteiger charge is -2.14. The van der Waals surface area contributed by atoms with Gasteiger partial charge in [-0.05, 0) is 45.4 Å². The van der Waals surface area contributed by atoms with Crippen molar-refractivity contribution < 1.29 is 4.74 Å². The second kappa shape index (κ2) is 5.98. The summed E-state index contributed by atoms with van der Waals surface area (Å²) >= 11 is 8.42. The zero-order valence-corrected chi connectivity index (χ0v) is 13.4. The van der Waals surface area contributed by atoms with Crippen LogP contribution in [-0.4, -0.2) is 6.61 Å². The summed E-state index contributed by atoms with van der Waals surface area (Å²) in [5.74, 6) is 0.886. The first-order valence-corrected chi connectivity index (χ1v) is 7.72. The van der Waals surface area contributed by atoms with E-state index in [1.54, 1.807) is 11.3 Å². The van der Waals surface area contributed by atoms with Crippen molar-refractivity contribution in [2.75, 3.05) is 6.61 Å². The summed E-state index contributed by atoms with van der Waals surface area (Å²) in [4.78, 5) is 2.51. The Labute approximate surface area is 124 Å². The molecule has 2 aromatic rings. The van der Waals surface area contributed by atoms with E-state index < -0.39 is 0 Å². The molecule has 1 unspecified atom stereocenters. The molecule has 0 radical (unpaired) electrons. The summed E-state index contributed by atoms with van der Waals surface area (Å²) in [6.45, 7) is 8.98. The Morgan fingerprint density at radius 3 is 2.53 bits per heavy atom. The van der Waals surface area contributed by atoms with Gasteiger partial charge in [0.1, 0.15) is 5.75 Å². The average molecular weight is 295 g/mol. The lowest BCUT2D eigenvalue weighted by Crippen LogP contribution is -1.99. The van der Waals surface area contributed by atoms with Gasteiger partial charge >= 0.3 is 0 Å². The molecule has 1 heterocycles. The van der Waals surface area contributed by atoms with E-state index in [2.05, 4.69) is 39.0 Å². The van der Waals surface area contributed by atoms with E-state index >= 15 is 0 Å². The molecule has 0 spiro atoms. The first-order chi connectivity index (χ1) is 9.02. The molecule has 0 aliphatic carbocycles. The lowest BCUT2D eigenvalue weighted by molar-refractivity contribution is 0.337. The summed E-state index contributed by atoms with van der Waals surface area (Å²) in [7, 11) is 0. The topological polar surface area (TPSA) is 9.23 Å². The third-order valence-electron chi connectivity index (χ3n) is 3.17. The second-order valence-electron chi connectivity index (χ2n) is 4.72. The Hall–Kier alpha value is -0.990. The smallest absolute Gasteiger partial charge is 0.124 e. The number of aryl methyl sites for hydroxylation is 3. The highest BCUT2D eigenvalue weighted by molar-refractivity contribution is 7.12. The maximum atomic E-state index is 6.66. The SMILES string of the molecule is CCOc1ccc(C)cc1C(Cl)c1cc(C)c(C)s1. The third-order valence-corrected chi connectivity index (χ3v) is 4.99. The van der Waals surface area contributed by atoms with Crippen molar-refractivity contribution >= 4 is 22.9 Å². The van der Waals surface area contributed by atoms with Crippen molar-refractivity contribution in [3.8, 4) is 5.75 Å². The van der Waals surface area contributed by atoms with E-state index in [0.717, 1.165) is 11.3 Å². The number of alkyl halides is 1. The van der Waals surface area contributed by atoms with E-state index in [0.29, 0.717) is 6.61 Å². The Balaban J connectivity index is 2.41. The van der Waals surface area contributed by atoms with Crippen LogP contribution in [0.3, 0.4) is 0 Å². The molecule has 0 aliphatic heterocycles. The van der Waals surface area contributed by atoms with Crippen LogP contribution in [0.15, 0.2) is 24.3 Å². The van der Waals surface area contributed by atoms with E-state index in [1.807, 2.05) is 13.0 Å². The van der Waals surface area contributed by atoms with Crippen molar-refractivity contribution in [1.29, 1.82) is 0 Å². The van der Waals surface area contributed by atoms with Crippen LogP contribution in [0.5, 0.6) is 5.75 Å². The molecule has 0 aliphatic rings. The van der Waals surface area contributed by atoms with Crippen molar-refractivity contribution in [3.63, 3.8) is 0 Å². The third kappa shape index (κ3) is 3.13. The highest BCUT2D eigenvalue weighted by Gasteiger charge is 2.18. The predicted molar refractivity (Wildman–Crippen MR) is 83.8 cm³/mol. The molecule has 102 valence electrons. The van der Waals surface area contributed by atoms with Crippen LogP contribution >= 0.6 is 22.9 Å². The maximum absolute atomic E-state index is 6.66. The molecule has 0 fully saturated rings. The molecule has 0 bridgehead atoms. The average Bonchev–Trinajstić information content (AvgIpc) is 2.71. The molecular formula is C16H19ClOS. The molecule has 0 saturated heterocycles. The van der Waals surface area contributed by atoms with Crippen LogP contribution in [0.4, 0.5) is 0 Å². The van der Waals surface area contributed by atoms with Crippen molar-refractivity contribution in [1.82, 2.24) is 0 Å². The number of halogens is 1. The van der Waals surface area contributed by atoms with Gasteiger partial charge in [-0.3, -0.25) is 0 Å². The molecule has 0 saturated carbocycles. The van der Waals surface area contributed by atoms with E-state index in [4.69, 9.17) is 16.3 Å².